The van der Waals surface area contributed by atoms with Gasteiger partial charge in [0.05, 0.1) is 0 Å². The number of nitrogens with one attached hydrogen (secondary N) is 1. The molecule has 0 atom stereocenters. The molecule has 1 aromatic carbocycles. The molecule has 4 N–H and O–H groups in total. The number of amidine groups is 1. The number of hydrogen-bond donors (Lipinski definition) is 3. The smallest absolute Gasteiger partial charge is 0.170 e. The Morgan fingerprint density at radius 3 is 2.83 bits per heavy atom. The van der Waals surface area contributed by atoms with E-state index in [2.05, 4.69) is 15.4 Å². The van der Waals surface area contributed by atoms with Crippen LogP contribution in [-0.2, 0) is 6.54 Å². The first kappa shape index (κ1) is 14.4. The molecule has 0 unspecified atom stereocenters. The maximum absolute atomic E-state index is 13.1. The summed E-state index contributed by atoms with van der Waals surface area (Å²) < 4.78 is 13.1. The molecule has 1 rings (SSSR count). The van der Waals surface area contributed by atoms with Crippen LogP contribution >= 0.6 is 0 Å². The van der Waals surface area contributed by atoms with Gasteiger partial charge >= 0.3 is 0 Å². The average molecular weight is 254 g/mol. The van der Waals surface area contributed by atoms with E-state index in [0.29, 0.717) is 12.1 Å². The molecule has 0 aromatic heterocycles. The Morgan fingerprint density at radius 2 is 2.22 bits per heavy atom. The Kier molecular flexibility index (Phi) is 5.54. The number of likely N-dealkylation sites (N-methyl/N-ethyl adjacent to an activating group) is 1. The number of rotatable bonds is 6. The number of oxime groups is 1. The first-order valence-corrected chi connectivity index (χ1v) is 5.66. The van der Waals surface area contributed by atoms with Gasteiger partial charge < -0.3 is 21.2 Å². The second-order valence-corrected chi connectivity index (χ2v) is 4.27. The molecule has 18 heavy (non-hydrogen) atoms. The first-order valence-electron chi connectivity index (χ1n) is 5.66. The quantitative estimate of drug-likeness (QED) is 0.228. The summed E-state index contributed by atoms with van der Waals surface area (Å²) in [6.45, 7) is 2.25. The standard InChI is InChI=1S/C12H19FN4O/c1-17(2)6-5-15-8-9-3-4-10(13)7-11(9)12(14)16-18/h3-4,7,15,18H,5-6,8H2,1-2H3,(H2,14,16). The second-order valence-electron chi connectivity index (χ2n) is 4.27. The van der Waals surface area contributed by atoms with Crippen molar-refractivity contribution in [2.75, 3.05) is 27.2 Å². The van der Waals surface area contributed by atoms with Crippen LogP contribution < -0.4 is 11.1 Å². The summed E-state index contributed by atoms with van der Waals surface area (Å²) in [6.07, 6.45) is 0. The Balaban J connectivity index is 2.70. The molecule has 6 heteroatoms. The minimum atomic E-state index is -0.409. The van der Waals surface area contributed by atoms with Crippen LogP contribution in [0.3, 0.4) is 0 Å². The molecule has 100 valence electrons. The minimum Gasteiger partial charge on any atom is -0.409 e. The van der Waals surface area contributed by atoms with E-state index in [-0.39, 0.29) is 5.84 Å². The third-order valence-corrected chi connectivity index (χ3v) is 2.51. The van der Waals surface area contributed by atoms with Gasteiger partial charge in [-0.1, -0.05) is 11.2 Å². The van der Waals surface area contributed by atoms with Gasteiger partial charge in [0.25, 0.3) is 0 Å². The predicted molar refractivity (Wildman–Crippen MR) is 69.2 cm³/mol. The van der Waals surface area contributed by atoms with Crippen LogP contribution in [0.1, 0.15) is 11.1 Å². The molecule has 0 radical (unpaired) electrons. The zero-order valence-corrected chi connectivity index (χ0v) is 10.7. The number of nitrogens with two attached hydrogens (primary N) is 1. The van der Waals surface area contributed by atoms with Gasteiger partial charge in [-0.15, -0.1) is 0 Å². The number of halogens is 1. The fourth-order valence-corrected chi connectivity index (χ4v) is 1.52. The topological polar surface area (TPSA) is 73.9 Å². The van der Waals surface area contributed by atoms with Gasteiger partial charge in [0.15, 0.2) is 5.84 Å². The van der Waals surface area contributed by atoms with Gasteiger partial charge in [0, 0.05) is 25.2 Å². The van der Waals surface area contributed by atoms with E-state index in [1.54, 1.807) is 6.07 Å². The van der Waals surface area contributed by atoms with E-state index in [1.807, 2.05) is 14.1 Å². The molecule has 0 aliphatic rings. The SMILES string of the molecule is CN(C)CCNCc1ccc(F)cc1C(N)=NO. The van der Waals surface area contributed by atoms with Crippen LogP contribution in [0, 0.1) is 5.82 Å². The molecule has 0 fully saturated rings. The van der Waals surface area contributed by atoms with Gasteiger partial charge in [-0.05, 0) is 31.8 Å². The minimum absolute atomic E-state index is 0.0843. The van der Waals surface area contributed by atoms with Crippen molar-refractivity contribution < 1.29 is 9.60 Å². The van der Waals surface area contributed by atoms with Crippen molar-refractivity contribution in [1.82, 2.24) is 10.2 Å². The Bertz CT molecular complexity index is 421. The van der Waals surface area contributed by atoms with E-state index in [4.69, 9.17) is 10.9 Å². The highest BCUT2D eigenvalue weighted by molar-refractivity contribution is 5.98. The van der Waals surface area contributed by atoms with Crippen LogP contribution in [0.25, 0.3) is 0 Å². The molecule has 0 amide bonds. The zero-order chi connectivity index (χ0) is 13.5. The lowest BCUT2D eigenvalue weighted by Gasteiger charge is -2.12. The fraction of sp³-hybridized carbons (Fsp3) is 0.417. The Morgan fingerprint density at radius 1 is 1.50 bits per heavy atom. The van der Waals surface area contributed by atoms with Crippen LogP contribution in [0.4, 0.5) is 4.39 Å². The van der Waals surface area contributed by atoms with Crippen molar-refractivity contribution in [2.45, 2.75) is 6.54 Å². The van der Waals surface area contributed by atoms with E-state index >= 15 is 0 Å². The maximum Gasteiger partial charge on any atom is 0.170 e. The van der Waals surface area contributed by atoms with Gasteiger partial charge in [-0.25, -0.2) is 4.39 Å². The van der Waals surface area contributed by atoms with Gasteiger partial charge in [-0.3, -0.25) is 0 Å². The molecule has 0 spiro atoms. The molecule has 1 aromatic rings. The molecule has 0 bridgehead atoms. The summed E-state index contributed by atoms with van der Waals surface area (Å²) in [5.41, 5.74) is 6.72. The highest BCUT2D eigenvalue weighted by Crippen LogP contribution is 2.11. The van der Waals surface area contributed by atoms with E-state index < -0.39 is 5.82 Å². The first-order chi connectivity index (χ1) is 8.54. The Hall–Kier alpha value is -1.66. The molecule has 5 nitrogen and oxygen atoms in total. The van der Waals surface area contributed by atoms with Crippen LogP contribution in [0.15, 0.2) is 23.4 Å². The molecular formula is C12H19FN4O. The van der Waals surface area contributed by atoms with Crippen molar-refractivity contribution in [3.63, 3.8) is 0 Å². The molecule has 0 aliphatic carbocycles. The zero-order valence-electron chi connectivity index (χ0n) is 10.7. The maximum atomic E-state index is 13.1. The number of nitrogens with zero attached hydrogens (tertiary/aromatic N) is 2. The van der Waals surface area contributed by atoms with Crippen molar-refractivity contribution in [1.29, 1.82) is 0 Å². The second kappa shape index (κ2) is 6.93. The summed E-state index contributed by atoms with van der Waals surface area (Å²) in [6, 6.07) is 4.25. The van der Waals surface area contributed by atoms with E-state index in [0.717, 1.165) is 18.7 Å². The average Bonchev–Trinajstić information content (AvgIpc) is 2.34. The van der Waals surface area contributed by atoms with Crippen molar-refractivity contribution in [2.24, 2.45) is 10.9 Å². The number of hydrogen-bond acceptors (Lipinski definition) is 4. The highest BCUT2D eigenvalue weighted by atomic mass is 19.1. The fourth-order valence-electron chi connectivity index (χ4n) is 1.52. The van der Waals surface area contributed by atoms with Crippen molar-refractivity contribution in [3.05, 3.63) is 35.1 Å². The highest BCUT2D eigenvalue weighted by Gasteiger charge is 2.08. The summed E-state index contributed by atoms with van der Waals surface area (Å²) in [4.78, 5) is 2.06. The molecule has 0 heterocycles. The summed E-state index contributed by atoms with van der Waals surface area (Å²) >= 11 is 0. The molecule has 0 saturated carbocycles. The number of benzene rings is 1. The van der Waals surface area contributed by atoms with Gasteiger partial charge in [0.1, 0.15) is 5.82 Å². The normalized spacial score (nSPS) is 12.1. The lowest BCUT2D eigenvalue weighted by Crippen LogP contribution is -2.27. The van der Waals surface area contributed by atoms with Gasteiger partial charge in [-0.2, -0.15) is 0 Å². The monoisotopic (exact) mass is 254 g/mol. The van der Waals surface area contributed by atoms with E-state index in [9.17, 15) is 4.39 Å². The van der Waals surface area contributed by atoms with Gasteiger partial charge in [0.2, 0.25) is 0 Å². The third kappa shape index (κ3) is 4.31. The summed E-state index contributed by atoms with van der Waals surface area (Å²) in [5, 5.41) is 14.8. The van der Waals surface area contributed by atoms with Crippen molar-refractivity contribution >= 4 is 5.84 Å². The van der Waals surface area contributed by atoms with Crippen LogP contribution in [0.5, 0.6) is 0 Å². The Labute approximate surface area is 106 Å². The summed E-state index contributed by atoms with van der Waals surface area (Å²) in [7, 11) is 3.98. The van der Waals surface area contributed by atoms with Crippen LogP contribution in [-0.4, -0.2) is 43.1 Å². The molecule has 0 saturated heterocycles. The van der Waals surface area contributed by atoms with Crippen LogP contribution in [0.2, 0.25) is 0 Å². The third-order valence-electron chi connectivity index (χ3n) is 2.51. The predicted octanol–water partition coefficient (Wildman–Crippen LogP) is 0.571. The summed E-state index contributed by atoms with van der Waals surface area (Å²) in [5.74, 6) is -0.493. The largest absolute Gasteiger partial charge is 0.409 e. The van der Waals surface area contributed by atoms with Crippen molar-refractivity contribution in [3.8, 4) is 0 Å². The lowest BCUT2D eigenvalue weighted by atomic mass is 10.1. The molecule has 0 aliphatic heterocycles. The van der Waals surface area contributed by atoms with E-state index in [1.165, 1.54) is 12.1 Å². The molecular weight excluding hydrogens is 235 g/mol. The lowest BCUT2D eigenvalue weighted by molar-refractivity contribution is 0.318.